The van der Waals surface area contributed by atoms with E-state index in [1.807, 2.05) is 6.92 Å². The summed E-state index contributed by atoms with van der Waals surface area (Å²) in [5.41, 5.74) is 5.30. The van der Waals surface area contributed by atoms with Gasteiger partial charge in [-0.2, -0.15) is 11.8 Å². The first kappa shape index (κ1) is 12.7. The molecule has 4 nitrogen and oxygen atoms in total. The molecule has 0 fully saturated rings. The molecule has 0 aliphatic rings. The van der Waals surface area contributed by atoms with Gasteiger partial charge >= 0.3 is 5.97 Å². The number of hydrogen-bond acceptors (Lipinski definition) is 4. The molecule has 78 valence electrons. The van der Waals surface area contributed by atoms with E-state index in [1.54, 1.807) is 0 Å². The second kappa shape index (κ2) is 8.34. The van der Waals surface area contributed by atoms with Crippen molar-refractivity contribution in [2.75, 3.05) is 24.7 Å². The molecule has 1 unspecified atom stereocenters. The summed E-state index contributed by atoms with van der Waals surface area (Å²) in [6, 6.07) is -0.754. The monoisotopic (exact) mass is 207 g/mol. The molecular weight excluding hydrogens is 190 g/mol. The van der Waals surface area contributed by atoms with Crippen molar-refractivity contribution in [1.82, 2.24) is 0 Å². The van der Waals surface area contributed by atoms with Crippen molar-refractivity contribution in [2.24, 2.45) is 5.73 Å². The van der Waals surface area contributed by atoms with Gasteiger partial charge < -0.3 is 15.6 Å². The van der Waals surface area contributed by atoms with Crippen LogP contribution in [0.1, 0.15) is 13.3 Å². The molecule has 0 spiro atoms. The number of nitrogens with two attached hydrogens (primary N) is 1. The molecule has 0 aromatic carbocycles. The number of carboxylic acid groups (broad SMARTS) is 1. The second-order valence-corrected chi connectivity index (χ2v) is 3.78. The number of carboxylic acids is 1. The zero-order valence-electron chi connectivity index (χ0n) is 7.86. The summed E-state index contributed by atoms with van der Waals surface area (Å²) in [4.78, 5) is 10.3. The number of aliphatic carboxylic acids is 1. The van der Waals surface area contributed by atoms with E-state index in [4.69, 9.17) is 15.6 Å². The molecule has 5 heteroatoms. The normalized spacial score (nSPS) is 12.8. The largest absolute Gasteiger partial charge is 0.480 e. The van der Waals surface area contributed by atoms with Gasteiger partial charge in [-0.25, -0.2) is 0 Å². The summed E-state index contributed by atoms with van der Waals surface area (Å²) in [7, 11) is 0. The van der Waals surface area contributed by atoms with E-state index < -0.39 is 12.0 Å². The third-order valence-corrected chi connectivity index (χ3v) is 2.39. The van der Waals surface area contributed by atoms with Crippen LogP contribution in [-0.2, 0) is 9.53 Å². The van der Waals surface area contributed by atoms with Gasteiger partial charge in [0.15, 0.2) is 0 Å². The Morgan fingerprint density at radius 3 is 2.85 bits per heavy atom. The maximum absolute atomic E-state index is 10.3. The maximum atomic E-state index is 10.3. The third kappa shape index (κ3) is 8.08. The van der Waals surface area contributed by atoms with Gasteiger partial charge in [0.05, 0.1) is 6.61 Å². The van der Waals surface area contributed by atoms with Crippen molar-refractivity contribution >= 4 is 17.7 Å². The van der Waals surface area contributed by atoms with Crippen molar-refractivity contribution in [1.29, 1.82) is 0 Å². The molecule has 0 saturated heterocycles. The Kier molecular flexibility index (Phi) is 8.18. The highest BCUT2D eigenvalue weighted by Crippen LogP contribution is 2.01. The van der Waals surface area contributed by atoms with Crippen LogP contribution >= 0.6 is 11.8 Å². The predicted molar refractivity (Wildman–Crippen MR) is 54.0 cm³/mol. The van der Waals surface area contributed by atoms with Gasteiger partial charge in [0.25, 0.3) is 0 Å². The number of thioether (sulfide) groups is 1. The zero-order chi connectivity index (χ0) is 10.1. The molecule has 13 heavy (non-hydrogen) atoms. The Morgan fingerprint density at radius 1 is 1.62 bits per heavy atom. The fraction of sp³-hybridized carbons (Fsp3) is 0.875. The molecule has 0 aromatic heterocycles. The summed E-state index contributed by atoms with van der Waals surface area (Å²) in [6.45, 7) is 3.49. The summed E-state index contributed by atoms with van der Waals surface area (Å²) >= 11 is 1.51. The molecule has 0 radical (unpaired) electrons. The van der Waals surface area contributed by atoms with Gasteiger partial charge in [0.1, 0.15) is 6.04 Å². The SMILES string of the molecule is CCCOCCSCC(N)C(=O)O. The van der Waals surface area contributed by atoms with Gasteiger partial charge in [-0.1, -0.05) is 6.92 Å². The van der Waals surface area contributed by atoms with Crippen LogP contribution in [-0.4, -0.2) is 41.8 Å². The van der Waals surface area contributed by atoms with Crippen LogP contribution < -0.4 is 5.73 Å². The first-order valence-corrected chi connectivity index (χ1v) is 5.47. The van der Waals surface area contributed by atoms with Gasteiger partial charge in [-0.15, -0.1) is 0 Å². The van der Waals surface area contributed by atoms with Crippen LogP contribution in [0.2, 0.25) is 0 Å². The van der Waals surface area contributed by atoms with Gasteiger partial charge in [0, 0.05) is 18.1 Å². The minimum absolute atomic E-state index is 0.449. The van der Waals surface area contributed by atoms with Crippen LogP contribution in [0.3, 0.4) is 0 Å². The number of rotatable bonds is 8. The van der Waals surface area contributed by atoms with Crippen molar-refractivity contribution in [3.05, 3.63) is 0 Å². The highest BCUT2D eigenvalue weighted by molar-refractivity contribution is 7.99. The maximum Gasteiger partial charge on any atom is 0.321 e. The Labute approximate surface area is 82.8 Å². The second-order valence-electron chi connectivity index (χ2n) is 2.63. The summed E-state index contributed by atoms with van der Waals surface area (Å²) in [6.07, 6.45) is 1.01. The third-order valence-electron chi connectivity index (χ3n) is 1.34. The molecule has 0 saturated carbocycles. The van der Waals surface area contributed by atoms with Gasteiger partial charge in [-0.3, -0.25) is 4.79 Å². The minimum Gasteiger partial charge on any atom is -0.480 e. The Morgan fingerprint density at radius 2 is 2.31 bits per heavy atom. The first-order valence-electron chi connectivity index (χ1n) is 4.32. The molecule has 0 heterocycles. The molecule has 3 N–H and O–H groups in total. The van der Waals surface area contributed by atoms with Crippen LogP contribution in [0.25, 0.3) is 0 Å². The molecule has 0 aliphatic heterocycles. The van der Waals surface area contributed by atoms with Crippen molar-refractivity contribution in [2.45, 2.75) is 19.4 Å². The smallest absolute Gasteiger partial charge is 0.321 e. The van der Waals surface area contributed by atoms with Crippen LogP contribution in [0.4, 0.5) is 0 Å². The highest BCUT2D eigenvalue weighted by Gasteiger charge is 2.10. The van der Waals surface area contributed by atoms with E-state index in [1.165, 1.54) is 11.8 Å². The van der Waals surface area contributed by atoms with Crippen molar-refractivity contribution in [3.63, 3.8) is 0 Å². The highest BCUT2D eigenvalue weighted by atomic mass is 32.2. The van der Waals surface area contributed by atoms with Crippen LogP contribution in [0.5, 0.6) is 0 Å². The lowest BCUT2D eigenvalue weighted by molar-refractivity contribution is -0.137. The minimum atomic E-state index is -0.943. The molecule has 0 aromatic rings. The molecule has 0 aliphatic carbocycles. The summed E-state index contributed by atoms with van der Waals surface area (Å²) in [5.74, 6) is 0.313. The van der Waals surface area contributed by atoms with Crippen molar-refractivity contribution in [3.8, 4) is 0 Å². The van der Waals surface area contributed by atoms with E-state index in [0.29, 0.717) is 12.4 Å². The molecule has 1 atom stereocenters. The predicted octanol–water partition coefficient (Wildman–Crippen LogP) is 0.558. The van der Waals surface area contributed by atoms with E-state index in [2.05, 4.69) is 0 Å². The number of ether oxygens (including phenoxy) is 1. The molecule has 0 bridgehead atoms. The fourth-order valence-corrected chi connectivity index (χ4v) is 1.44. The first-order chi connectivity index (χ1) is 6.18. The average Bonchev–Trinajstić information content (AvgIpc) is 2.10. The van der Waals surface area contributed by atoms with Gasteiger partial charge in [0.2, 0.25) is 0 Å². The molecular formula is C8H17NO3S. The molecule has 0 amide bonds. The fourth-order valence-electron chi connectivity index (χ4n) is 0.646. The Bertz CT molecular complexity index is 143. The quantitative estimate of drug-likeness (QED) is 0.569. The Balaban J connectivity index is 3.11. The standard InChI is InChI=1S/C8H17NO3S/c1-2-3-12-4-5-13-6-7(9)8(10)11/h7H,2-6,9H2,1H3,(H,10,11). The number of carbonyl (C=O) groups is 1. The van der Waals surface area contributed by atoms with E-state index in [9.17, 15) is 4.79 Å². The van der Waals surface area contributed by atoms with Crippen molar-refractivity contribution < 1.29 is 14.6 Å². The van der Waals surface area contributed by atoms with E-state index >= 15 is 0 Å². The average molecular weight is 207 g/mol. The van der Waals surface area contributed by atoms with Crippen LogP contribution in [0, 0.1) is 0 Å². The lowest BCUT2D eigenvalue weighted by atomic mass is 10.4. The van der Waals surface area contributed by atoms with E-state index in [-0.39, 0.29) is 0 Å². The summed E-state index contributed by atoms with van der Waals surface area (Å²) in [5, 5.41) is 8.45. The van der Waals surface area contributed by atoms with Gasteiger partial charge in [-0.05, 0) is 6.42 Å². The van der Waals surface area contributed by atoms with E-state index in [0.717, 1.165) is 18.8 Å². The zero-order valence-corrected chi connectivity index (χ0v) is 8.68. The molecule has 0 rings (SSSR count). The summed E-state index contributed by atoms with van der Waals surface area (Å²) < 4.78 is 5.22. The lowest BCUT2D eigenvalue weighted by Crippen LogP contribution is -2.32. The lowest BCUT2D eigenvalue weighted by Gasteiger charge is -2.05. The Hall–Kier alpha value is -0.260. The topological polar surface area (TPSA) is 72.5 Å². The number of hydrogen-bond donors (Lipinski definition) is 2. The van der Waals surface area contributed by atoms with Crippen LogP contribution in [0.15, 0.2) is 0 Å².